The van der Waals surface area contributed by atoms with Crippen molar-refractivity contribution >= 4 is 5.91 Å². The first-order valence-corrected chi connectivity index (χ1v) is 8.25. The Balaban J connectivity index is 2.57. The number of carbonyl (C=O) groups excluding carboxylic acids is 1. The summed E-state index contributed by atoms with van der Waals surface area (Å²) in [6.45, 7) is 6.53. The second-order valence-electron chi connectivity index (χ2n) is 7.33. The third-order valence-electron chi connectivity index (χ3n) is 3.98. The summed E-state index contributed by atoms with van der Waals surface area (Å²) >= 11 is 0. The lowest BCUT2D eigenvalue weighted by atomic mass is 9.84. The van der Waals surface area contributed by atoms with Gasteiger partial charge in [-0.2, -0.15) is 0 Å². The molecule has 0 radical (unpaired) electrons. The van der Waals surface area contributed by atoms with Gasteiger partial charge in [-0.25, -0.2) is 0 Å². The number of rotatable bonds is 7. The van der Waals surface area contributed by atoms with E-state index in [1.54, 1.807) is 0 Å². The Hall–Kier alpha value is -0.650. The van der Waals surface area contributed by atoms with Gasteiger partial charge >= 0.3 is 0 Å². The van der Waals surface area contributed by atoms with Crippen molar-refractivity contribution in [1.29, 1.82) is 0 Å². The molecule has 0 aromatic rings. The van der Waals surface area contributed by atoms with Crippen LogP contribution in [-0.4, -0.2) is 41.8 Å². The first-order valence-electron chi connectivity index (χ1n) is 8.25. The predicted molar refractivity (Wildman–Crippen MR) is 85.9 cm³/mol. The van der Waals surface area contributed by atoms with Gasteiger partial charge in [0.25, 0.3) is 0 Å². The molecule has 1 rings (SSSR count). The van der Waals surface area contributed by atoms with Gasteiger partial charge in [0, 0.05) is 18.6 Å². The molecule has 5 N–H and O–H groups in total. The summed E-state index contributed by atoms with van der Waals surface area (Å²) in [5.41, 5.74) is 5.19. The van der Waals surface area contributed by atoms with Gasteiger partial charge < -0.3 is 21.5 Å². The summed E-state index contributed by atoms with van der Waals surface area (Å²) in [6, 6.07) is -0.242. The van der Waals surface area contributed by atoms with E-state index >= 15 is 0 Å². The van der Waals surface area contributed by atoms with Crippen molar-refractivity contribution in [2.75, 3.05) is 13.1 Å². The Kier molecular flexibility index (Phi) is 7.63. The Morgan fingerprint density at radius 3 is 2.43 bits per heavy atom. The molecule has 124 valence electrons. The van der Waals surface area contributed by atoms with Gasteiger partial charge in [-0.3, -0.25) is 4.79 Å². The molecule has 0 bridgehead atoms. The number of hydrogen-bond donors (Lipinski definition) is 4. The van der Waals surface area contributed by atoms with Crippen molar-refractivity contribution < 1.29 is 9.90 Å². The molecule has 1 saturated carbocycles. The van der Waals surface area contributed by atoms with E-state index in [2.05, 4.69) is 10.6 Å². The highest BCUT2D eigenvalue weighted by molar-refractivity contribution is 5.82. The number of carbonyl (C=O) groups is 1. The molecule has 1 amide bonds. The number of nitrogens with two attached hydrogens (primary N) is 1. The van der Waals surface area contributed by atoms with E-state index in [0.717, 1.165) is 6.42 Å². The van der Waals surface area contributed by atoms with Gasteiger partial charge in [-0.1, -0.05) is 32.1 Å². The van der Waals surface area contributed by atoms with E-state index in [-0.39, 0.29) is 24.0 Å². The molecule has 0 heterocycles. The molecular formula is C16H33N3O2. The minimum Gasteiger partial charge on any atom is -0.390 e. The van der Waals surface area contributed by atoms with Gasteiger partial charge in [-0.15, -0.1) is 0 Å². The average Bonchev–Trinajstić information content (AvgIpc) is 2.42. The lowest BCUT2D eigenvalue weighted by Crippen LogP contribution is -2.53. The highest BCUT2D eigenvalue weighted by atomic mass is 16.3. The van der Waals surface area contributed by atoms with Crippen LogP contribution in [0.2, 0.25) is 0 Å². The van der Waals surface area contributed by atoms with Crippen LogP contribution >= 0.6 is 0 Å². The van der Waals surface area contributed by atoms with Gasteiger partial charge in [0.2, 0.25) is 5.91 Å². The third-order valence-corrected chi connectivity index (χ3v) is 3.98. The topological polar surface area (TPSA) is 87.4 Å². The number of aliphatic hydroxyl groups excluding tert-OH is 1. The molecule has 5 nitrogen and oxygen atoms in total. The monoisotopic (exact) mass is 299 g/mol. The minimum absolute atomic E-state index is 0.0253. The Morgan fingerprint density at radius 1 is 1.29 bits per heavy atom. The SMILES string of the molecule is CC(C)(C)NC(=O)[C@H](CC1CCCCC1)NCC(O)CN. The largest absolute Gasteiger partial charge is 0.390 e. The van der Waals surface area contributed by atoms with Crippen molar-refractivity contribution in [2.24, 2.45) is 11.7 Å². The molecular weight excluding hydrogens is 266 g/mol. The maximum Gasteiger partial charge on any atom is 0.237 e. The standard InChI is InChI=1S/C16H33N3O2/c1-16(2,3)19-15(21)14(18-11-13(20)10-17)9-12-7-5-4-6-8-12/h12-14,18,20H,4-11,17H2,1-3H3,(H,19,21)/t13?,14-/m0/s1. The predicted octanol–water partition coefficient (Wildman–Crippen LogP) is 1.15. The van der Waals surface area contributed by atoms with Gasteiger partial charge in [0.15, 0.2) is 0 Å². The second kappa shape index (κ2) is 8.71. The number of nitrogens with one attached hydrogen (secondary N) is 2. The molecule has 5 heteroatoms. The molecule has 0 aliphatic heterocycles. The van der Waals surface area contributed by atoms with Crippen LogP contribution in [0.1, 0.15) is 59.3 Å². The van der Waals surface area contributed by atoms with Crippen LogP contribution < -0.4 is 16.4 Å². The van der Waals surface area contributed by atoms with Gasteiger partial charge in [0.05, 0.1) is 12.1 Å². The highest BCUT2D eigenvalue weighted by Gasteiger charge is 2.26. The lowest BCUT2D eigenvalue weighted by Gasteiger charge is -2.30. The molecule has 1 aliphatic carbocycles. The molecule has 0 saturated heterocycles. The first-order chi connectivity index (χ1) is 9.81. The Labute approximate surface area is 129 Å². The maximum atomic E-state index is 12.4. The summed E-state index contributed by atoms with van der Waals surface area (Å²) < 4.78 is 0. The van der Waals surface area contributed by atoms with E-state index in [1.807, 2.05) is 20.8 Å². The number of aliphatic hydroxyl groups is 1. The number of hydrogen-bond acceptors (Lipinski definition) is 4. The van der Waals surface area contributed by atoms with Crippen molar-refractivity contribution in [1.82, 2.24) is 10.6 Å². The van der Waals surface area contributed by atoms with Crippen LogP contribution in [0.5, 0.6) is 0 Å². The van der Waals surface area contributed by atoms with Crippen LogP contribution in [0.25, 0.3) is 0 Å². The quantitative estimate of drug-likeness (QED) is 0.568. The fourth-order valence-electron chi connectivity index (χ4n) is 2.86. The van der Waals surface area contributed by atoms with E-state index in [0.29, 0.717) is 12.5 Å². The maximum absolute atomic E-state index is 12.4. The fraction of sp³-hybridized carbons (Fsp3) is 0.938. The van der Waals surface area contributed by atoms with Crippen molar-refractivity contribution in [3.8, 4) is 0 Å². The zero-order valence-electron chi connectivity index (χ0n) is 13.8. The van der Waals surface area contributed by atoms with Crippen LogP contribution in [0.4, 0.5) is 0 Å². The second-order valence-corrected chi connectivity index (χ2v) is 7.33. The highest BCUT2D eigenvalue weighted by Crippen LogP contribution is 2.27. The summed E-state index contributed by atoms with van der Waals surface area (Å²) in [5.74, 6) is 0.634. The molecule has 1 unspecified atom stereocenters. The molecule has 0 aromatic carbocycles. The molecule has 0 spiro atoms. The van der Waals surface area contributed by atoms with Crippen molar-refractivity contribution in [3.05, 3.63) is 0 Å². The van der Waals surface area contributed by atoms with Gasteiger partial charge in [0.1, 0.15) is 0 Å². The zero-order valence-corrected chi connectivity index (χ0v) is 13.8. The van der Waals surface area contributed by atoms with Crippen LogP contribution in [-0.2, 0) is 4.79 Å². The zero-order chi connectivity index (χ0) is 15.9. The average molecular weight is 299 g/mol. The summed E-state index contributed by atoms with van der Waals surface area (Å²) in [6.07, 6.45) is 6.52. The number of amides is 1. The first kappa shape index (κ1) is 18.4. The normalized spacial score (nSPS) is 20.0. The van der Waals surface area contributed by atoms with E-state index in [9.17, 15) is 9.90 Å². The summed E-state index contributed by atoms with van der Waals surface area (Å²) in [4.78, 5) is 12.4. The molecule has 1 fully saturated rings. The third kappa shape index (κ3) is 7.79. The van der Waals surface area contributed by atoms with Crippen LogP contribution in [0.15, 0.2) is 0 Å². The van der Waals surface area contributed by atoms with E-state index in [4.69, 9.17) is 5.73 Å². The van der Waals surface area contributed by atoms with Crippen molar-refractivity contribution in [3.63, 3.8) is 0 Å². The fourth-order valence-corrected chi connectivity index (χ4v) is 2.86. The van der Waals surface area contributed by atoms with Gasteiger partial charge in [-0.05, 0) is 33.1 Å². The molecule has 21 heavy (non-hydrogen) atoms. The molecule has 1 aliphatic rings. The Morgan fingerprint density at radius 2 is 1.90 bits per heavy atom. The van der Waals surface area contributed by atoms with Crippen LogP contribution in [0, 0.1) is 5.92 Å². The lowest BCUT2D eigenvalue weighted by molar-refractivity contribution is -0.125. The Bertz CT molecular complexity index is 309. The van der Waals surface area contributed by atoms with Crippen molar-refractivity contribution in [2.45, 2.75) is 77.0 Å². The summed E-state index contributed by atoms with van der Waals surface area (Å²) in [7, 11) is 0. The smallest absolute Gasteiger partial charge is 0.237 e. The van der Waals surface area contributed by atoms with Crippen LogP contribution in [0.3, 0.4) is 0 Å². The minimum atomic E-state index is -0.596. The molecule has 0 aromatic heterocycles. The van der Waals surface area contributed by atoms with E-state index in [1.165, 1.54) is 32.1 Å². The van der Waals surface area contributed by atoms with E-state index < -0.39 is 6.10 Å². The summed E-state index contributed by atoms with van der Waals surface area (Å²) in [5, 5.41) is 15.8. The molecule has 2 atom stereocenters.